The number of rotatable bonds is 2. The number of carbonyl (C=O) groups is 1. The molecule has 5 rings (SSSR count). The van der Waals surface area contributed by atoms with Crippen molar-refractivity contribution >= 4 is 11.4 Å². The molecule has 1 N–H and O–H groups in total. The standard InChI is InChI=1S/C17H22N4O/c1-11-4-3-5-15-16(12(2)19-21(11)15)17(22)18-14-10-20-8-6-13(14)7-9-20/h3-5,13-14H,6-10H2,1-2H3,(H,18,22). The summed E-state index contributed by atoms with van der Waals surface area (Å²) in [5.41, 5.74) is 3.46. The molecule has 0 spiro atoms. The topological polar surface area (TPSA) is 49.6 Å². The van der Waals surface area contributed by atoms with Gasteiger partial charge in [0.1, 0.15) is 0 Å². The Morgan fingerprint density at radius 2 is 2.05 bits per heavy atom. The van der Waals surface area contributed by atoms with Crippen LogP contribution in [0.5, 0.6) is 0 Å². The molecular formula is C17H22N4O. The summed E-state index contributed by atoms with van der Waals surface area (Å²) < 4.78 is 1.86. The van der Waals surface area contributed by atoms with Crippen molar-refractivity contribution in [2.75, 3.05) is 19.6 Å². The van der Waals surface area contributed by atoms with Gasteiger partial charge in [-0.05, 0) is 57.8 Å². The van der Waals surface area contributed by atoms with Gasteiger partial charge < -0.3 is 10.2 Å². The van der Waals surface area contributed by atoms with E-state index in [1.165, 1.54) is 25.9 Å². The van der Waals surface area contributed by atoms with Gasteiger partial charge in [0.25, 0.3) is 5.91 Å². The van der Waals surface area contributed by atoms with Crippen LogP contribution in [0.2, 0.25) is 0 Å². The zero-order valence-electron chi connectivity index (χ0n) is 13.2. The lowest BCUT2D eigenvalue weighted by atomic mass is 9.84. The Hall–Kier alpha value is -1.88. The molecule has 22 heavy (non-hydrogen) atoms. The number of hydrogen-bond acceptors (Lipinski definition) is 3. The van der Waals surface area contributed by atoms with E-state index in [0.29, 0.717) is 5.92 Å². The number of carbonyl (C=O) groups excluding carboxylic acids is 1. The molecule has 5 heterocycles. The van der Waals surface area contributed by atoms with E-state index in [1.54, 1.807) is 0 Å². The number of nitrogens with zero attached hydrogens (tertiary/aromatic N) is 3. The number of hydrogen-bond donors (Lipinski definition) is 1. The zero-order chi connectivity index (χ0) is 15.3. The Kier molecular flexibility index (Phi) is 3.18. The van der Waals surface area contributed by atoms with Crippen molar-refractivity contribution in [1.82, 2.24) is 19.8 Å². The van der Waals surface area contributed by atoms with Gasteiger partial charge in [-0.25, -0.2) is 4.52 Å². The summed E-state index contributed by atoms with van der Waals surface area (Å²) in [6.07, 6.45) is 2.41. The monoisotopic (exact) mass is 298 g/mol. The summed E-state index contributed by atoms with van der Waals surface area (Å²) in [4.78, 5) is 15.3. The number of fused-ring (bicyclic) bond motifs is 4. The van der Waals surface area contributed by atoms with Gasteiger partial charge >= 0.3 is 0 Å². The molecule has 1 atom stereocenters. The maximum absolute atomic E-state index is 12.8. The smallest absolute Gasteiger partial charge is 0.255 e. The van der Waals surface area contributed by atoms with Gasteiger partial charge in [0, 0.05) is 18.3 Å². The number of aryl methyl sites for hydroxylation is 2. The number of pyridine rings is 1. The van der Waals surface area contributed by atoms with Crippen molar-refractivity contribution in [3.63, 3.8) is 0 Å². The molecule has 5 nitrogen and oxygen atoms in total. The Balaban J connectivity index is 1.63. The number of amides is 1. The predicted octanol–water partition coefficient (Wildman–Crippen LogP) is 1.78. The van der Waals surface area contributed by atoms with E-state index >= 15 is 0 Å². The highest BCUT2D eigenvalue weighted by Gasteiger charge is 2.35. The van der Waals surface area contributed by atoms with Crippen LogP contribution in [0, 0.1) is 19.8 Å². The highest BCUT2D eigenvalue weighted by Crippen LogP contribution is 2.28. The van der Waals surface area contributed by atoms with Gasteiger partial charge in [-0.1, -0.05) is 6.07 Å². The van der Waals surface area contributed by atoms with E-state index in [4.69, 9.17) is 0 Å². The first kappa shape index (κ1) is 13.8. The molecule has 0 aromatic carbocycles. The van der Waals surface area contributed by atoms with Crippen LogP contribution in [0.25, 0.3) is 5.52 Å². The second-order valence-electron chi connectivity index (χ2n) is 6.64. The number of aromatic nitrogens is 2. The van der Waals surface area contributed by atoms with Gasteiger partial charge in [0.2, 0.25) is 0 Å². The first-order valence-electron chi connectivity index (χ1n) is 8.11. The molecule has 2 aromatic rings. The Morgan fingerprint density at radius 1 is 1.27 bits per heavy atom. The average molecular weight is 298 g/mol. The minimum atomic E-state index is 0.0249. The van der Waals surface area contributed by atoms with Gasteiger partial charge in [-0.2, -0.15) is 5.10 Å². The molecule has 3 aliphatic rings. The van der Waals surface area contributed by atoms with Crippen molar-refractivity contribution in [1.29, 1.82) is 0 Å². The van der Waals surface area contributed by atoms with Gasteiger partial charge in [-0.3, -0.25) is 4.79 Å². The van der Waals surface area contributed by atoms with Crippen molar-refractivity contribution in [2.45, 2.75) is 32.7 Å². The maximum Gasteiger partial charge on any atom is 0.255 e. The SMILES string of the molecule is Cc1nn2c(C)cccc2c1C(=O)NC1CN2CCC1CC2. The van der Waals surface area contributed by atoms with Crippen LogP contribution in [0.4, 0.5) is 0 Å². The van der Waals surface area contributed by atoms with Crippen LogP contribution in [0.1, 0.15) is 34.6 Å². The van der Waals surface area contributed by atoms with Gasteiger partial charge in [-0.15, -0.1) is 0 Å². The molecule has 3 aliphatic heterocycles. The first-order valence-corrected chi connectivity index (χ1v) is 8.11. The Bertz CT molecular complexity index is 728. The van der Waals surface area contributed by atoms with E-state index < -0.39 is 0 Å². The van der Waals surface area contributed by atoms with E-state index in [2.05, 4.69) is 15.3 Å². The normalized spacial score (nSPS) is 27.3. The van der Waals surface area contributed by atoms with E-state index in [0.717, 1.165) is 29.0 Å². The predicted molar refractivity (Wildman–Crippen MR) is 85.1 cm³/mol. The second kappa shape index (κ2) is 5.09. The van der Waals surface area contributed by atoms with Crippen molar-refractivity contribution < 1.29 is 4.79 Å². The van der Waals surface area contributed by atoms with Crippen LogP contribution in [-0.2, 0) is 0 Å². The lowest BCUT2D eigenvalue weighted by Crippen LogP contribution is -2.57. The molecule has 1 amide bonds. The molecular weight excluding hydrogens is 276 g/mol. The van der Waals surface area contributed by atoms with Crippen LogP contribution in [0.3, 0.4) is 0 Å². The summed E-state index contributed by atoms with van der Waals surface area (Å²) in [7, 11) is 0. The first-order chi connectivity index (χ1) is 10.6. The van der Waals surface area contributed by atoms with Crippen LogP contribution in [-0.4, -0.2) is 46.1 Å². The van der Waals surface area contributed by atoms with Gasteiger partial charge in [0.15, 0.2) is 0 Å². The largest absolute Gasteiger partial charge is 0.348 e. The fourth-order valence-electron chi connectivity index (χ4n) is 3.97. The number of nitrogens with one attached hydrogen (secondary N) is 1. The van der Waals surface area contributed by atoms with Crippen molar-refractivity contribution in [3.8, 4) is 0 Å². The highest BCUT2D eigenvalue weighted by atomic mass is 16.1. The molecule has 1 unspecified atom stereocenters. The van der Waals surface area contributed by atoms with E-state index in [1.807, 2.05) is 36.6 Å². The summed E-state index contributed by atoms with van der Waals surface area (Å²) >= 11 is 0. The quantitative estimate of drug-likeness (QED) is 0.919. The van der Waals surface area contributed by atoms with Crippen LogP contribution in [0.15, 0.2) is 18.2 Å². The van der Waals surface area contributed by atoms with Crippen LogP contribution >= 0.6 is 0 Å². The molecule has 5 heteroatoms. The molecule has 2 bridgehead atoms. The Labute approximate surface area is 130 Å². The average Bonchev–Trinajstić information content (AvgIpc) is 2.86. The molecule has 3 saturated heterocycles. The lowest BCUT2D eigenvalue weighted by molar-refractivity contribution is 0.0621. The lowest BCUT2D eigenvalue weighted by Gasteiger charge is -2.44. The van der Waals surface area contributed by atoms with Crippen LogP contribution < -0.4 is 5.32 Å². The van der Waals surface area contributed by atoms with E-state index in [-0.39, 0.29) is 11.9 Å². The molecule has 0 aliphatic carbocycles. The maximum atomic E-state index is 12.8. The third-order valence-corrected chi connectivity index (χ3v) is 5.22. The minimum Gasteiger partial charge on any atom is -0.348 e. The van der Waals surface area contributed by atoms with Crippen molar-refractivity contribution in [3.05, 3.63) is 35.2 Å². The summed E-state index contributed by atoms with van der Waals surface area (Å²) in [5.74, 6) is 0.662. The number of piperidine rings is 3. The second-order valence-corrected chi connectivity index (χ2v) is 6.64. The minimum absolute atomic E-state index is 0.0249. The molecule has 116 valence electrons. The Morgan fingerprint density at radius 3 is 2.73 bits per heavy atom. The third-order valence-electron chi connectivity index (χ3n) is 5.22. The fraction of sp³-hybridized carbons (Fsp3) is 0.529. The van der Waals surface area contributed by atoms with E-state index in [9.17, 15) is 4.79 Å². The molecule has 0 saturated carbocycles. The highest BCUT2D eigenvalue weighted by molar-refractivity contribution is 6.02. The summed E-state index contributed by atoms with van der Waals surface area (Å²) in [6, 6.07) is 6.25. The van der Waals surface area contributed by atoms with Gasteiger partial charge in [0.05, 0.1) is 16.8 Å². The third kappa shape index (κ3) is 2.11. The zero-order valence-corrected chi connectivity index (χ0v) is 13.2. The molecule has 0 radical (unpaired) electrons. The molecule has 3 fully saturated rings. The summed E-state index contributed by atoms with van der Waals surface area (Å²) in [6.45, 7) is 7.29. The fourth-order valence-corrected chi connectivity index (χ4v) is 3.97. The summed E-state index contributed by atoms with van der Waals surface area (Å²) in [5, 5.41) is 7.79. The van der Waals surface area contributed by atoms with Crippen molar-refractivity contribution in [2.24, 2.45) is 5.92 Å². The molecule has 2 aromatic heterocycles.